The fourth-order valence-corrected chi connectivity index (χ4v) is 4.71. The largest absolute Gasteiger partial charge is 0.391 e. The van der Waals surface area contributed by atoms with Crippen molar-refractivity contribution in [3.05, 3.63) is 48.5 Å². The molecule has 8 heteroatoms. The number of anilines is 1. The van der Waals surface area contributed by atoms with E-state index in [0.717, 1.165) is 36.5 Å². The van der Waals surface area contributed by atoms with Crippen molar-refractivity contribution in [2.75, 3.05) is 24.6 Å². The minimum absolute atomic E-state index is 0.270. The summed E-state index contributed by atoms with van der Waals surface area (Å²) < 4.78 is 1.97. The molecular formula is C20H26N6OS. The van der Waals surface area contributed by atoms with Crippen molar-refractivity contribution in [3.8, 4) is 0 Å². The van der Waals surface area contributed by atoms with E-state index in [1.54, 1.807) is 6.33 Å². The molecule has 0 bridgehead atoms. The Morgan fingerprint density at radius 2 is 2.00 bits per heavy atom. The second-order valence-electron chi connectivity index (χ2n) is 7.33. The van der Waals surface area contributed by atoms with Gasteiger partial charge in [0.05, 0.1) is 19.1 Å². The lowest BCUT2D eigenvalue weighted by atomic mass is 10.0. The highest BCUT2D eigenvalue weighted by Gasteiger charge is 2.31. The Morgan fingerprint density at radius 1 is 1.14 bits per heavy atom. The Kier molecular flexibility index (Phi) is 6.09. The number of fused-ring (bicyclic) bond motifs is 1. The Morgan fingerprint density at radius 3 is 2.86 bits per heavy atom. The number of aliphatic hydroxyl groups excluding tert-OH is 1. The van der Waals surface area contributed by atoms with Crippen LogP contribution >= 0.6 is 11.8 Å². The number of imidazole rings is 1. The van der Waals surface area contributed by atoms with Gasteiger partial charge in [-0.15, -0.1) is 0 Å². The van der Waals surface area contributed by atoms with E-state index in [0.29, 0.717) is 30.5 Å². The summed E-state index contributed by atoms with van der Waals surface area (Å²) in [6, 6.07) is 10.6. The van der Waals surface area contributed by atoms with Gasteiger partial charge in [0.1, 0.15) is 11.8 Å². The van der Waals surface area contributed by atoms with Crippen LogP contribution in [0.25, 0.3) is 11.2 Å². The third-order valence-electron chi connectivity index (χ3n) is 5.24. The molecule has 0 aliphatic carbocycles. The lowest BCUT2D eigenvalue weighted by Crippen LogP contribution is -2.24. The van der Waals surface area contributed by atoms with Gasteiger partial charge in [-0.2, -0.15) is 11.8 Å². The van der Waals surface area contributed by atoms with Crippen molar-refractivity contribution in [1.29, 1.82) is 0 Å². The van der Waals surface area contributed by atoms with Gasteiger partial charge in [0.15, 0.2) is 11.5 Å². The summed E-state index contributed by atoms with van der Waals surface area (Å²) in [6.45, 7) is 2.23. The summed E-state index contributed by atoms with van der Waals surface area (Å²) in [5.41, 5.74) is 8.60. The van der Waals surface area contributed by atoms with Crippen LogP contribution in [0.15, 0.2) is 43.0 Å². The van der Waals surface area contributed by atoms with E-state index in [2.05, 4.69) is 50.2 Å². The monoisotopic (exact) mass is 398 g/mol. The molecule has 0 unspecified atom stereocenters. The first kappa shape index (κ1) is 19.2. The van der Waals surface area contributed by atoms with E-state index in [4.69, 9.17) is 5.73 Å². The SMILES string of the molecule is Nc1ncnc2c1ncn2CN1C[C@H](CCCSCc2ccccc2)[C@@H](O)C1. The Hall–Kier alpha value is -2.16. The summed E-state index contributed by atoms with van der Waals surface area (Å²) in [6.07, 6.45) is 5.12. The number of hydrogen-bond donors (Lipinski definition) is 2. The predicted octanol–water partition coefficient (Wildman–Crippen LogP) is 2.37. The maximum atomic E-state index is 10.5. The zero-order chi connectivity index (χ0) is 19.3. The van der Waals surface area contributed by atoms with Gasteiger partial charge in [0.25, 0.3) is 0 Å². The number of rotatable bonds is 8. The van der Waals surface area contributed by atoms with Gasteiger partial charge in [-0.3, -0.25) is 4.90 Å². The van der Waals surface area contributed by atoms with Crippen LogP contribution in [0.1, 0.15) is 18.4 Å². The number of thioether (sulfide) groups is 1. The van der Waals surface area contributed by atoms with Crippen LogP contribution in [0.4, 0.5) is 5.82 Å². The lowest BCUT2D eigenvalue weighted by Gasteiger charge is -2.16. The molecule has 2 aromatic heterocycles. The molecule has 3 aromatic rings. The molecule has 2 atom stereocenters. The molecule has 7 nitrogen and oxygen atoms in total. The van der Waals surface area contributed by atoms with Crippen LogP contribution in [-0.2, 0) is 12.4 Å². The molecule has 148 valence electrons. The molecule has 28 heavy (non-hydrogen) atoms. The molecule has 1 aliphatic heterocycles. The molecule has 3 heterocycles. The van der Waals surface area contributed by atoms with E-state index in [9.17, 15) is 5.11 Å². The smallest absolute Gasteiger partial charge is 0.166 e. The van der Waals surface area contributed by atoms with Crippen molar-refractivity contribution in [3.63, 3.8) is 0 Å². The van der Waals surface area contributed by atoms with Crippen LogP contribution in [0.5, 0.6) is 0 Å². The highest BCUT2D eigenvalue weighted by atomic mass is 32.2. The first-order chi connectivity index (χ1) is 13.7. The second kappa shape index (κ2) is 8.89. The van der Waals surface area contributed by atoms with Crippen LogP contribution in [0.3, 0.4) is 0 Å². The molecule has 0 spiro atoms. The minimum atomic E-state index is -0.270. The first-order valence-corrected chi connectivity index (χ1v) is 10.8. The zero-order valence-corrected chi connectivity index (χ0v) is 16.6. The van der Waals surface area contributed by atoms with Crippen molar-refractivity contribution in [2.24, 2.45) is 5.92 Å². The molecule has 3 N–H and O–H groups in total. The summed E-state index contributed by atoms with van der Waals surface area (Å²) in [5, 5.41) is 10.5. The minimum Gasteiger partial charge on any atom is -0.391 e. The molecule has 0 amide bonds. The van der Waals surface area contributed by atoms with Crippen molar-refractivity contribution < 1.29 is 5.11 Å². The predicted molar refractivity (Wildman–Crippen MR) is 113 cm³/mol. The number of hydrogen-bond acceptors (Lipinski definition) is 7. The summed E-state index contributed by atoms with van der Waals surface area (Å²) in [7, 11) is 0. The Labute approximate surface area is 169 Å². The van der Waals surface area contributed by atoms with Crippen LogP contribution in [0, 0.1) is 5.92 Å². The van der Waals surface area contributed by atoms with E-state index in [-0.39, 0.29) is 6.10 Å². The van der Waals surface area contributed by atoms with Gasteiger partial charge in [-0.25, -0.2) is 15.0 Å². The van der Waals surface area contributed by atoms with Crippen molar-refractivity contribution in [1.82, 2.24) is 24.4 Å². The number of likely N-dealkylation sites (tertiary alicyclic amines) is 1. The molecular weight excluding hydrogens is 372 g/mol. The number of nitrogens with zero attached hydrogens (tertiary/aromatic N) is 5. The molecule has 0 saturated carbocycles. The van der Waals surface area contributed by atoms with Crippen LogP contribution in [-0.4, -0.2) is 54.5 Å². The topological polar surface area (TPSA) is 93.1 Å². The number of nitrogen functional groups attached to an aromatic ring is 1. The normalized spacial score (nSPS) is 20.2. The summed E-state index contributed by atoms with van der Waals surface area (Å²) in [5.74, 6) is 2.90. The van der Waals surface area contributed by atoms with Gasteiger partial charge in [0.2, 0.25) is 0 Å². The lowest BCUT2D eigenvalue weighted by molar-refractivity contribution is 0.135. The third kappa shape index (κ3) is 4.45. The van der Waals surface area contributed by atoms with E-state index >= 15 is 0 Å². The van der Waals surface area contributed by atoms with E-state index < -0.39 is 0 Å². The van der Waals surface area contributed by atoms with E-state index in [1.165, 1.54) is 11.9 Å². The molecule has 1 aliphatic rings. The fourth-order valence-electron chi connectivity index (χ4n) is 3.77. The van der Waals surface area contributed by atoms with Gasteiger partial charge < -0.3 is 15.4 Å². The average Bonchev–Trinajstić information content (AvgIpc) is 3.27. The number of aromatic nitrogens is 4. The van der Waals surface area contributed by atoms with Gasteiger partial charge in [-0.1, -0.05) is 30.3 Å². The average molecular weight is 399 g/mol. The van der Waals surface area contributed by atoms with Gasteiger partial charge >= 0.3 is 0 Å². The molecule has 4 rings (SSSR count). The fraction of sp³-hybridized carbons (Fsp3) is 0.450. The second-order valence-corrected chi connectivity index (χ2v) is 8.44. The number of β-amino-alcohol motifs (C(OH)–C–C–N with tert-alkyl or cyclic N) is 1. The maximum Gasteiger partial charge on any atom is 0.166 e. The molecule has 0 radical (unpaired) electrons. The molecule has 1 fully saturated rings. The highest BCUT2D eigenvalue weighted by molar-refractivity contribution is 7.98. The van der Waals surface area contributed by atoms with Crippen LogP contribution < -0.4 is 5.73 Å². The quantitative estimate of drug-likeness (QED) is 0.563. The number of nitrogens with two attached hydrogens (primary N) is 1. The molecule has 1 saturated heterocycles. The van der Waals surface area contributed by atoms with Crippen LogP contribution in [0.2, 0.25) is 0 Å². The Balaban J connectivity index is 1.23. The first-order valence-electron chi connectivity index (χ1n) is 9.64. The third-order valence-corrected chi connectivity index (χ3v) is 6.35. The van der Waals surface area contributed by atoms with Crippen molar-refractivity contribution in [2.45, 2.75) is 31.4 Å². The summed E-state index contributed by atoms with van der Waals surface area (Å²) >= 11 is 1.96. The highest BCUT2D eigenvalue weighted by Crippen LogP contribution is 2.25. The number of aliphatic hydroxyl groups is 1. The summed E-state index contributed by atoms with van der Waals surface area (Å²) in [4.78, 5) is 14.8. The van der Waals surface area contributed by atoms with Crippen molar-refractivity contribution >= 4 is 28.7 Å². The standard InChI is InChI=1S/C20H26N6OS/c21-19-18-20(23-12-22-19)26(13-24-18)14-25-9-16(17(27)10-25)7-4-8-28-11-15-5-2-1-3-6-15/h1-3,5-6,12-13,16-17,27H,4,7-11,14H2,(H2,21,22,23)/t16-,17-/m0/s1. The Bertz CT molecular complexity index is 902. The maximum absolute atomic E-state index is 10.5. The zero-order valence-electron chi connectivity index (χ0n) is 15.8. The molecule has 1 aromatic carbocycles. The van der Waals surface area contributed by atoms with Gasteiger partial charge in [-0.05, 0) is 30.1 Å². The number of benzene rings is 1. The van der Waals surface area contributed by atoms with Gasteiger partial charge in [0, 0.05) is 18.8 Å². The van der Waals surface area contributed by atoms with E-state index in [1.807, 2.05) is 16.3 Å².